The number of nitrogens with zero attached hydrogens (tertiary/aromatic N) is 2. The zero-order valence-electron chi connectivity index (χ0n) is 9.53. The molecule has 0 aliphatic rings. The van der Waals surface area contributed by atoms with Gasteiger partial charge >= 0.3 is 5.69 Å². The van der Waals surface area contributed by atoms with E-state index in [9.17, 15) is 4.79 Å². The number of hydrogen-bond acceptors (Lipinski definition) is 6. The molecule has 0 fully saturated rings. The first-order valence-corrected chi connectivity index (χ1v) is 5.84. The molecule has 2 aromatic heterocycles. The SMILES string of the molecule is CC.Cc1nc(=O)[nH]o1.Cc1nc(=S)[nH]s1. The largest absolute Gasteiger partial charge is 0.377 e. The third-order valence-corrected chi connectivity index (χ3v) is 2.09. The first-order valence-electron chi connectivity index (χ1n) is 4.62. The van der Waals surface area contributed by atoms with Gasteiger partial charge in [-0.25, -0.2) is 9.78 Å². The Balaban J connectivity index is 0.000000244. The monoisotopic (exact) mass is 262 g/mol. The second-order valence-corrected chi connectivity index (χ2v) is 3.67. The van der Waals surface area contributed by atoms with Gasteiger partial charge in [-0.2, -0.15) is 10.1 Å². The molecular formula is C8H14N4O2S2. The van der Waals surface area contributed by atoms with Gasteiger partial charge in [-0.3, -0.25) is 4.37 Å². The maximum atomic E-state index is 10.0. The van der Waals surface area contributed by atoms with E-state index in [1.165, 1.54) is 11.5 Å². The number of nitrogens with one attached hydrogen (secondary N) is 2. The van der Waals surface area contributed by atoms with Crippen molar-refractivity contribution in [3.8, 4) is 0 Å². The maximum absolute atomic E-state index is 10.0. The van der Waals surface area contributed by atoms with Crippen LogP contribution in [0.5, 0.6) is 0 Å². The number of H-pyrrole nitrogens is 2. The molecule has 0 unspecified atom stereocenters. The maximum Gasteiger partial charge on any atom is 0.377 e. The van der Waals surface area contributed by atoms with Crippen LogP contribution >= 0.6 is 23.8 Å². The number of hydrogen-bond donors (Lipinski definition) is 2. The third-order valence-electron chi connectivity index (χ3n) is 1.09. The van der Waals surface area contributed by atoms with Crippen LogP contribution in [0.1, 0.15) is 24.7 Å². The number of rotatable bonds is 0. The highest BCUT2D eigenvalue weighted by Gasteiger charge is 1.87. The van der Waals surface area contributed by atoms with E-state index in [0.717, 1.165) is 5.01 Å². The van der Waals surface area contributed by atoms with Gasteiger partial charge in [-0.1, -0.05) is 13.8 Å². The van der Waals surface area contributed by atoms with Crippen molar-refractivity contribution in [1.29, 1.82) is 0 Å². The van der Waals surface area contributed by atoms with E-state index in [1.807, 2.05) is 25.9 Å². The lowest BCUT2D eigenvalue weighted by molar-refractivity contribution is 0.388. The van der Waals surface area contributed by atoms with Crippen LogP contribution in [0.3, 0.4) is 0 Å². The van der Waals surface area contributed by atoms with Crippen molar-refractivity contribution in [2.75, 3.05) is 0 Å². The highest BCUT2D eigenvalue weighted by Crippen LogP contribution is 1.95. The van der Waals surface area contributed by atoms with Crippen molar-refractivity contribution < 1.29 is 4.52 Å². The van der Waals surface area contributed by atoms with Gasteiger partial charge < -0.3 is 4.52 Å². The predicted molar refractivity (Wildman–Crippen MR) is 65.2 cm³/mol. The predicted octanol–water partition coefficient (Wildman–Crippen LogP) is 2.21. The second-order valence-electron chi connectivity index (χ2n) is 2.28. The molecule has 2 N–H and O–H groups in total. The quantitative estimate of drug-likeness (QED) is 0.711. The molecule has 0 amide bonds. The second kappa shape index (κ2) is 7.94. The van der Waals surface area contributed by atoms with Gasteiger partial charge in [0.1, 0.15) is 5.01 Å². The van der Waals surface area contributed by atoms with E-state index in [0.29, 0.717) is 10.7 Å². The summed E-state index contributed by atoms with van der Waals surface area (Å²) in [6.45, 7) is 7.51. The Bertz CT molecular complexity index is 450. The van der Waals surface area contributed by atoms with Crippen molar-refractivity contribution in [3.63, 3.8) is 0 Å². The normalized spacial score (nSPS) is 8.50. The molecule has 0 saturated heterocycles. The summed E-state index contributed by atoms with van der Waals surface area (Å²) in [6, 6.07) is 0. The minimum Gasteiger partial charge on any atom is -0.362 e. The molecule has 0 aliphatic carbocycles. The Morgan fingerprint density at radius 3 is 2.06 bits per heavy atom. The van der Waals surface area contributed by atoms with Crippen LogP contribution in [-0.2, 0) is 0 Å². The van der Waals surface area contributed by atoms with Crippen LogP contribution < -0.4 is 5.69 Å². The lowest BCUT2D eigenvalue weighted by atomic mass is 10.8. The Morgan fingerprint density at radius 1 is 1.31 bits per heavy atom. The number of aromatic amines is 2. The van der Waals surface area contributed by atoms with Crippen LogP contribution in [0.4, 0.5) is 0 Å². The third kappa shape index (κ3) is 6.25. The Hall–Kier alpha value is -1.28. The molecule has 2 rings (SSSR count). The molecule has 90 valence electrons. The van der Waals surface area contributed by atoms with E-state index in [-0.39, 0.29) is 0 Å². The molecule has 6 nitrogen and oxygen atoms in total. The average molecular weight is 262 g/mol. The van der Waals surface area contributed by atoms with Crippen molar-refractivity contribution in [2.24, 2.45) is 0 Å². The van der Waals surface area contributed by atoms with Crippen molar-refractivity contribution in [1.82, 2.24) is 19.5 Å². The molecule has 0 saturated carbocycles. The fraction of sp³-hybridized carbons (Fsp3) is 0.500. The van der Waals surface area contributed by atoms with Crippen molar-refractivity contribution in [2.45, 2.75) is 27.7 Å². The summed E-state index contributed by atoms with van der Waals surface area (Å²) in [4.78, 5) is 17.3. The van der Waals surface area contributed by atoms with E-state index in [4.69, 9.17) is 0 Å². The summed E-state index contributed by atoms with van der Waals surface area (Å²) in [5.41, 5.74) is -0.433. The lowest BCUT2D eigenvalue weighted by Crippen LogP contribution is -1.99. The van der Waals surface area contributed by atoms with Crippen LogP contribution in [0.25, 0.3) is 0 Å². The highest BCUT2D eigenvalue weighted by molar-refractivity contribution is 7.71. The minimum absolute atomic E-state index is 0.366. The molecular weight excluding hydrogens is 248 g/mol. The van der Waals surface area contributed by atoms with Crippen LogP contribution in [0, 0.1) is 18.6 Å². The summed E-state index contributed by atoms with van der Waals surface area (Å²) in [5.74, 6) is 0.366. The zero-order valence-corrected chi connectivity index (χ0v) is 11.2. The standard InChI is InChI=1S/C3H4N2O2.C3H4N2S2.C2H6/c2*1-2-4-3(6)5-7-2;1-2/h2*1H3,(H,5,6);1-2H3. The lowest BCUT2D eigenvalue weighted by Gasteiger charge is -1.64. The van der Waals surface area contributed by atoms with Gasteiger partial charge in [0, 0.05) is 6.92 Å². The summed E-state index contributed by atoms with van der Waals surface area (Å²) >= 11 is 6.14. The van der Waals surface area contributed by atoms with Crippen molar-refractivity contribution >= 4 is 23.8 Å². The fourth-order valence-corrected chi connectivity index (χ4v) is 1.35. The van der Waals surface area contributed by atoms with Gasteiger partial charge in [0.15, 0.2) is 0 Å². The fourth-order valence-electron chi connectivity index (χ4n) is 0.612. The van der Waals surface area contributed by atoms with Gasteiger partial charge in [-0.05, 0) is 30.7 Å². The van der Waals surface area contributed by atoms with Crippen LogP contribution in [-0.4, -0.2) is 19.5 Å². The van der Waals surface area contributed by atoms with Gasteiger partial charge in [0.2, 0.25) is 10.7 Å². The molecule has 2 heterocycles. The zero-order chi connectivity index (χ0) is 12.6. The van der Waals surface area contributed by atoms with E-state index in [1.54, 1.807) is 6.92 Å². The summed E-state index contributed by atoms with van der Waals surface area (Å²) in [5, 5.41) is 3.02. The molecule has 0 spiro atoms. The van der Waals surface area contributed by atoms with E-state index in [2.05, 4.69) is 31.1 Å². The van der Waals surface area contributed by atoms with E-state index >= 15 is 0 Å². The number of aromatic nitrogens is 4. The molecule has 8 heteroatoms. The van der Waals surface area contributed by atoms with Crippen LogP contribution in [0.15, 0.2) is 9.32 Å². The molecule has 2 aromatic rings. The summed E-state index contributed by atoms with van der Waals surface area (Å²) in [7, 11) is 0. The Morgan fingerprint density at radius 2 is 1.94 bits per heavy atom. The minimum atomic E-state index is -0.433. The van der Waals surface area contributed by atoms with Gasteiger partial charge in [0.05, 0.1) is 0 Å². The Labute approximate surface area is 102 Å². The van der Waals surface area contributed by atoms with Crippen molar-refractivity contribution in [3.05, 3.63) is 26.2 Å². The Kier molecular flexibility index (Phi) is 7.31. The summed E-state index contributed by atoms with van der Waals surface area (Å²) in [6.07, 6.45) is 0. The van der Waals surface area contributed by atoms with Gasteiger partial charge in [0.25, 0.3) is 0 Å². The smallest absolute Gasteiger partial charge is 0.362 e. The van der Waals surface area contributed by atoms with Crippen LogP contribution in [0.2, 0.25) is 0 Å². The molecule has 0 atom stereocenters. The molecule has 0 aromatic carbocycles. The summed E-state index contributed by atoms with van der Waals surface area (Å²) < 4.78 is 7.81. The molecule has 16 heavy (non-hydrogen) atoms. The highest BCUT2D eigenvalue weighted by atomic mass is 32.1. The number of aryl methyl sites for hydroxylation is 2. The first kappa shape index (κ1) is 14.7. The molecule has 0 aliphatic heterocycles. The molecule has 0 bridgehead atoms. The topological polar surface area (TPSA) is 87.6 Å². The first-order chi connectivity index (χ1) is 7.58. The average Bonchev–Trinajstić information content (AvgIpc) is 2.80. The van der Waals surface area contributed by atoms with E-state index < -0.39 is 5.69 Å². The van der Waals surface area contributed by atoms with Gasteiger partial charge in [-0.15, -0.1) is 0 Å². The molecule has 0 radical (unpaired) electrons.